The zero-order valence-electron chi connectivity index (χ0n) is 13.4. The number of nitrogens with zero attached hydrogens (tertiary/aromatic N) is 5. The highest BCUT2D eigenvalue weighted by Gasteiger charge is 2.33. The van der Waals surface area contributed by atoms with Gasteiger partial charge in [0.15, 0.2) is 0 Å². The zero-order valence-corrected chi connectivity index (χ0v) is 14.9. The van der Waals surface area contributed by atoms with Gasteiger partial charge >= 0.3 is 11.4 Å². The topological polar surface area (TPSA) is 145 Å². The Morgan fingerprint density at radius 3 is 1.96 bits per heavy atom. The molecule has 0 saturated carbocycles. The summed E-state index contributed by atoms with van der Waals surface area (Å²) in [6.45, 7) is 0. The van der Waals surface area contributed by atoms with Crippen molar-refractivity contribution in [3.63, 3.8) is 0 Å². The van der Waals surface area contributed by atoms with Crippen molar-refractivity contribution in [2.75, 3.05) is 12.1 Å². The minimum absolute atomic E-state index is 0.243. The van der Waals surface area contributed by atoms with E-state index in [4.69, 9.17) is 23.2 Å². The fraction of sp³-hybridized carbons (Fsp3) is 0.0714. The summed E-state index contributed by atoms with van der Waals surface area (Å²) in [6.07, 6.45) is 1.22. The third-order valence-corrected chi connectivity index (χ3v) is 3.88. The predicted molar refractivity (Wildman–Crippen MR) is 98.9 cm³/mol. The summed E-state index contributed by atoms with van der Waals surface area (Å²) in [5, 5.41) is 38.9. The molecule has 0 heterocycles. The van der Waals surface area contributed by atoms with Crippen LogP contribution in [0.1, 0.15) is 5.56 Å². The van der Waals surface area contributed by atoms with E-state index in [0.29, 0.717) is 22.7 Å². The van der Waals surface area contributed by atoms with E-state index in [1.54, 1.807) is 0 Å². The van der Waals surface area contributed by atoms with Crippen molar-refractivity contribution in [3.05, 3.63) is 76.3 Å². The molecule has 0 saturated heterocycles. The molecule has 0 spiro atoms. The average molecular weight is 414 g/mol. The molecule has 0 aliphatic carbocycles. The zero-order chi connectivity index (χ0) is 20.3. The van der Waals surface area contributed by atoms with Crippen molar-refractivity contribution < 1.29 is 14.8 Å². The smallest absolute Gasteiger partial charge is 0.258 e. The van der Waals surface area contributed by atoms with E-state index in [1.165, 1.54) is 31.5 Å². The molecule has 0 aliphatic rings. The molecule has 2 rings (SSSR count). The maximum Gasteiger partial charge on any atom is 0.308 e. The average Bonchev–Trinajstić information content (AvgIpc) is 2.59. The SMILES string of the molecule is CN(/N=C/c1ccc(Cl)cc1Cl)c1c([N+](=O)[O-])cc([N+](=O)[O-])cc1[N+](=O)[O-]. The summed E-state index contributed by atoms with van der Waals surface area (Å²) in [6, 6.07) is 5.76. The lowest BCUT2D eigenvalue weighted by molar-refractivity contribution is -0.402. The number of hydrogen-bond donors (Lipinski definition) is 0. The highest BCUT2D eigenvalue weighted by atomic mass is 35.5. The van der Waals surface area contributed by atoms with Gasteiger partial charge in [0, 0.05) is 17.6 Å². The van der Waals surface area contributed by atoms with Crippen LogP contribution in [0.2, 0.25) is 10.0 Å². The first kappa shape index (κ1) is 20.0. The minimum atomic E-state index is -0.962. The number of hydrazone groups is 1. The summed E-state index contributed by atoms with van der Waals surface area (Å²) in [4.78, 5) is 30.6. The molecule has 0 aromatic heterocycles. The van der Waals surface area contributed by atoms with Crippen molar-refractivity contribution in [2.24, 2.45) is 5.10 Å². The summed E-state index contributed by atoms with van der Waals surface area (Å²) in [7, 11) is 1.22. The van der Waals surface area contributed by atoms with Gasteiger partial charge < -0.3 is 0 Å². The van der Waals surface area contributed by atoms with Crippen LogP contribution >= 0.6 is 23.2 Å². The number of anilines is 1. The van der Waals surface area contributed by atoms with Crippen LogP contribution < -0.4 is 5.01 Å². The van der Waals surface area contributed by atoms with Gasteiger partial charge in [-0.3, -0.25) is 35.4 Å². The number of benzene rings is 2. The van der Waals surface area contributed by atoms with Crippen LogP contribution in [0.5, 0.6) is 0 Å². The van der Waals surface area contributed by atoms with E-state index >= 15 is 0 Å². The Hall–Kier alpha value is -3.31. The quantitative estimate of drug-likeness (QED) is 0.391. The van der Waals surface area contributed by atoms with E-state index < -0.39 is 37.5 Å². The minimum Gasteiger partial charge on any atom is -0.258 e. The normalized spacial score (nSPS) is 10.8. The van der Waals surface area contributed by atoms with Crippen LogP contribution in [0.3, 0.4) is 0 Å². The van der Waals surface area contributed by atoms with Gasteiger partial charge in [-0.2, -0.15) is 5.10 Å². The molecule has 0 N–H and O–H groups in total. The Labute approximate surface area is 160 Å². The molecule has 0 aliphatic heterocycles. The van der Waals surface area contributed by atoms with E-state index in [9.17, 15) is 30.3 Å². The molecule has 27 heavy (non-hydrogen) atoms. The highest BCUT2D eigenvalue weighted by molar-refractivity contribution is 6.36. The van der Waals surface area contributed by atoms with Gasteiger partial charge in [0.25, 0.3) is 5.69 Å². The lowest BCUT2D eigenvalue weighted by Gasteiger charge is -2.13. The number of halogens is 2. The van der Waals surface area contributed by atoms with Crippen LogP contribution in [0, 0.1) is 30.3 Å². The van der Waals surface area contributed by atoms with Crippen LogP contribution in [-0.4, -0.2) is 28.0 Å². The molecular formula is C14H9Cl2N5O6. The second-order valence-corrected chi connectivity index (χ2v) is 5.88. The summed E-state index contributed by atoms with van der Waals surface area (Å²) in [5.41, 5.74) is -2.57. The Kier molecular flexibility index (Phi) is 5.88. The van der Waals surface area contributed by atoms with Gasteiger partial charge in [0.1, 0.15) is 0 Å². The third-order valence-electron chi connectivity index (χ3n) is 3.31. The van der Waals surface area contributed by atoms with Crippen LogP contribution in [0.25, 0.3) is 0 Å². The van der Waals surface area contributed by atoms with E-state index in [-0.39, 0.29) is 5.02 Å². The predicted octanol–water partition coefficient (Wildman–Crippen LogP) is 4.19. The highest BCUT2D eigenvalue weighted by Crippen LogP contribution is 2.40. The second kappa shape index (κ2) is 7.93. The van der Waals surface area contributed by atoms with E-state index in [0.717, 1.165) is 5.01 Å². The van der Waals surface area contributed by atoms with E-state index in [2.05, 4.69) is 5.10 Å². The van der Waals surface area contributed by atoms with Gasteiger partial charge in [-0.15, -0.1) is 0 Å². The molecule has 13 heteroatoms. The monoisotopic (exact) mass is 413 g/mol. The van der Waals surface area contributed by atoms with Gasteiger partial charge in [-0.1, -0.05) is 29.3 Å². The van der Waals surface area contributed by atoms with Crippen LogP contribution in [0.15, 0.2) is 35.4 Å². The Morgan fingerprint density at radius 1 is 0.963 bits per heavy atom. The van der Waals surface area contributed by atoms with Crippen LogP contribution in [-0.2, 0) is 0 Å². The molecule has 0 amide bonds. The molecule has 11 nitrogen and oxygen atoms in total. The van der Waals surface area contributed by atoms with Crippen molar-refractivity contribution in [1.82, 2.24) is 0 Å². The van der Waals surface area contributed by atoms with Crippen molar-refractivity contribution in [2.45, 2.75) is 0 Å². The van der Waals surface area contributed by atoms with Gasteiger partial charge in [0.05, 0.1) is 38.1 Å². The van der Waals surface area contributed by atoms with Crippen LogP contribution in [0.4, 0.5) is 22.7 Å². The van der Waals surface area contributed by atoms with Gasteiger partial charge in [-0.25, -0.2) is 0 Å². The largest absolute Gasteiger partial charge is 0.308 e. The summed E-state index contributed by atoms with van der Waals surface area (Å²) >= 11 is 11.8. The Balaban J connectivity index is 2.57. The van der Waals surface area contributed by atoms with Crippen molar-refractivity contribution in [3.8, 4) is 0 Å². The van der Waals surface area contributed by atoms with Crippen molar-refractivity contribution >= 4 is 52.2 Å². The first-order chi connectivity index (χ1) is 12.6. The lowest BCUT2D eigenvalue weighted by atomic mass is 10.2. The van der Waals surface area contributed by atoms with Gasteiger partial charge in [0.2, 0.25) is 5.69 Å². The standard InChI is InChI=1S/C14H9Cl2N5O6/c1-18(17-7-8-2-3-9(15)4-11(8)16)14-12(20(24)25)5-10(19(22)23)6-13(14)21(26)27/h2-7H,1H3/b17-7+. The van der Waals surface area contributed by atoms with Crippen molar-refractivity contribution in [1.29, 1.82) is 0 Å². The first-order valence-corrected chi connectivity index (χ1v) is 7.71. The molecule has 0 bridgehead atoms. The maximum absolute atomic E-state index is 11.3. The molecule has 0 radical (unpaired) electrons. The Bertz CT molecular complexity index is 945. The lowest BCUT2D eigenvalue weighted by Crippen LogP contribution is -2.14. The first-order valence-electron chi connectivity index (χ1n) is 6.95. The fourth-order valence-corrected chi connectivity index (χ4v) is 2.58. The third kappa shape index (κ3) is 4.46. The molecule has 2 aromatic carbocycles. The number of nitro benzene ring substituents is 3. The molecule has 140 valence electrons. The number of hydrogen-bond acceptors (Lipinski definition) is 8. The van der Waals surface area contributed by atoms with E-state index in [1.807, 2.05) is 0 Å². The summed E-state index contributed by atoms with van der Waals surface area (Å²) < 4.78 is 0. The number of rotatable bonds is 6. The number of non-ortho nitro benzene ring substituents is 1. The molecule has 0 unspecified atom stereocenters. The molecule has 2 aromatic rings. The van der Waals surface area contributed by atoms with Gasteiger partial charge in [-0.05, 0) is 12.1 Å². The molecular weight excluding hydrogens is 405 g/mol. The molecule has 0 fully saturated rings. The second-order valence-electron chi connectivity index (χ2n) is 5.04. The fourth-order valence-electron chi connectivity index (χ4n) is 2.12. The maximum atomic E-state index is 11.3. The molecule has 0 atom stereocenters. The summed E-state index contributed by atoms with van der Waals surface area (Å²) in [5.74, 6) is 0. The Morgan fingerprint density at radius 2 is 1.52 bits per heavy atom. The number of nitro groups is 3.